The topological polar surface area (TPSA) is 41.6 Å². The third-order valence-corrected chi connectivity index (χ3v) is 2.43. The van der Waals surface area contributed by atoms with Crippen molar-refractivity contribution in [2.75, 3.05) is 0 Å². The van der Waals surface area contributed by atoms with Gasteiger partial charge >= 0.3 is 0 Å². The molecule has 0 bridgehead atoms. The van der Waals surface area contributed by atoms with E-state index in [2.05, 4.69) is 4.98 Å². The lowest BCUT2D eigenvalue weighted by molar-refractivity contribution is 0.619. The minimum atomic E-state index is -0.474. The highest BCUT2D eigenvalue weighted by molar-refractivity contribution is 5.33. The summed E-state index contributed by atoms with van der Waals surface area (Å²) in [5, 5.41) is 8.60. The first-order chi connectivity index (χ1) is 7.70. The number of halogens is 1. The standard InChI is InChI=1S/C12H10FN3/c1-9-15-4-5-16(9)8-10-2-3-11(7-14)12(13)6-10/h2-6H,8H2,1H3. The van der Waals surface area contributed by atoms with Crippen molar-refractivity contribution in [2.45, 2.75) is 13.5 Å². The number of hydrogen-bond acceptors (Lipinski definition) is 2. The van der Waals surface area contributed by atoms with E-state index in [-0.39, 0.29) is 5.56 Å². The van der Waals surface area contributed by atoms with Crippen LogP contribution in [0.5, 0.6) is 0 Å². The summed E-state index contributed by atoms with van der Waals surface area (Å²) < 4.78 is 15.2. The third-order valence-electron chi connectivity index (χ3n) is 2.43. The van der Waals surface area contributed by atoms with Crippen LogP contribution in [0, 0.1) is 24.1 Å². The number of aryl methyl sites for hydroxylation is 1. The van der Waals surface area contributed by atoms with Gasteiger partial charge in [-0.25, -0.2) is 9.37 Å². The first-order valence-electron chi connectivity index (χ1n) is 4.87. The Balaban J connectivity index is 2.27. The number of hydrogen-bond donors (Lipinski definition) is 0. The normalized spacial score (nSPS) is 10.1. The second kappa shape index (κ2) is 4.15. The van der Waals surface area contributed by atoms with E-state index in [9.17, 15) is 4.39 Å². The molecule has 3 nitrogen and oxygen atoms in total. The third kappa shape index (κ3) is 1.94. The maximum Gasteiger partial charge on any atom is 0.141 e. The molecule has 0 saturated carbocycles. The molecule has 2 rings (SSSR count). The van der Waals surface area contributed by atoms with Crippen LogP contribution < -0.4 is 0 Å². The Kier molecular flexibility index (Phi) is 2.69. The summed E-state index contributed by atoms with van der Waals surface area (Å²) in [5.41, 5.74) is 0.892. The van der Waals surface area contributed by atoms with Crippen LogP contribution in [0.2, 0.25) is 0 Å². The second-order valence-corrected chi connectivity index (χ2v) is 3.53. The summed E-state index contributed by atoms with van der Waals surface area (Å²) in [6.45, 7) is 2.45. The summed E-state index contributed by atoms with van der Waals surface area (Å²) in [6, 6.07) is 6.43. The zero-order valence-corrected chi connectivity index (χ0v) is 8.81. The van der Waals surface area contributed by atoms with Gasteiger partial charge < -0.3 is 4.57 Å². The van der Waals surface area contributed by atoms with Gasteiger partial charge in [-0.1, -0.05) is 6.07 Å². The quantitative estimate of drug-likeness (QED) is 0.771. The largest absolute Gasteiger partial charge is 0.331 e. The van der Waals surface area contributed by atoms with Crippen molar-refractivity contribution >= 4 is 0 Å². The molecule has 1 aromatic carbocycles. The summed E-state index contributed by atoms with van der Waals surface area (Å²) in [7, 11) is 0. The van der Waals surface area contributed by atoms with Crippen molar-refractivity contribution in [3.8, 4) is 6.07 Å². The average Bonchev–Trinajstić information content (AvgIpc) is 2.65. The molecule has 2 aromatic rings. The summed E-state index contributed by atoms with van der Waals surface area (Å²) in [5.74, 6) is 0.405. The molecule has 1 aromatic heterocycles. The molecule has 16 heavy (non-hydrogen) atoms. The van der Waals surface area contributed by atoms with Gasteiger partial charge in [0, 0.05) is 18.9 Å². The molecule has 0 radical (unpaired) electrons. The van der Waals surface area contributed by atoms with Crippen molar-refractivity contribution in [2.24, 2.45) is 0 Å². The molecule has 0 aliphatic rings. The minimum Gasteiger partial charge on any atom is -0.331 e. The summed E-state index contributed by atoms with van der Waals surface area (Å²) >= 11 is 0. The minimum absolute atomic E-state index is 0.0751. The molecule has 80 valence electrons. The SMILES string of the molecule is Cc1nccn1Cc1ccc(C#N)c(F)c1. The Hall–Kier alpha value is -2.15. The van der Waals surface area contributed by atoms with Crippen LogP contribution in [-0.2, 0) is 6.54 Å². The maximum absolute atomic E-state index is 13.3. The molecule has 0 atom stereocenters. The first-order valence-corrected chi connectivity index (χ1v) is 4.87. The average molecular weight is 215 g/mol. The van der Waals surface area contributed by atoms with E-state index in [0.717, 1.165) is 11.4 Å². The van der Waals surface area contributed by atoms with E-state index in [1.807, 2.05) is 17.7 Å². The molecule has 0 unspecified atom stereocenters. The Morgan fingerprint density at radius 3 is 2.88 bits per heavy atom. The number of nitriles is 1. The fourth-order valence-corrected chi connectivity index (χ4v) is 1.52. The monoisotopic (exact) mass is 215 g/mol. The van der Waals surface area contributed by atoms with Crippen molar-refractivity contribution in [3.05, 3.63) is 53.4 Å². The Morgan fingerprint density at radius 2 is 2.31 bits per heavy atom. The van der Waals surface area contributed by atoms with Gasteiger partial charge in [0.05, 0.1) is 5.56 Å². The fourth-order valence-electron chi connectivity index (χ4n) is 1.52. The number of rotatable bonds is 2. The van der Waals surface area contributed by atoms with Crippen molar-refractivity contribution in [1.29, 1.82) is 5.26 Å². The van der Waals surface area contributed by atoms with Crippen LogP contribution in [0.1, 0.15) is 17.0 Å². The summed E-state index contributed by atoms with van der Waals surface area (Å²) in [6.07, 6.45) is 3.54. The van der Waals surface area contributed by atoms with Crippen LogP contribution in [-0.4, -0.2) is 9.55 Å². The highest BCUT2D eigenvalue weighted by Crippen LogP contribution is 2.11. The first kappa shape index (κ1) is 10.4. The van der Waals surface area contributed by atoms with Gasteiger partial charge in [-0.15, -0.1) is 0 Å². The maximum atomic E-state index is 13.3. The van der Waals surface area contributed by atoms with E-state index < -0.39 is 5.82 Å². The fraction of sp³-hybridized carbons (Fsp3) is 0.167. The van der Waals surface area contributed by atoms with Gasteiger partial charge in [0.25, 0.3) is 0 Å². The van der Waals surface area contributed by atoms with Crippen LogP contribution >= 0.6 is 0 Å². The Labute approximate surface area is 92.8 Å². The van der Waals surface area contributed by atoms with Crippen LogP contribution in [0.3, 0.4) is 0 Å². The van der Waals surface area contributed by atoms with Gasteiger partial charge in [0.1, 0.15) is 17.7 Å². The number of nitrogens with zero attached hydrogens (tertiary/aromatic N) is 3. The molecular weight excluding hydrogens is 205 g/mol. The van der Waals surface area contributed by atoms with Gasteiger partial charge in [-0.2, -0.15) is 5.26 Å². The molecule has 4 heteroatoms. The van der Waals surface area contributed by atoms with Gasteiger partial charge in [-0.3, -0.25) is 0 Å². The van der Waals surface area contributed by atoms with Gasteiger partial charge in [0.15, 0.2) is 0 Å². The molecule has 0 saturated heterocycles. The molecule has 0 N–H and O–H groups in total. The number of aromatic nitrogens is 2. The smallest absolute Gasteiger partial charge is 0.141 e. The van der Waals surface area contributed by atoms with Crippen LogP contribution in [0.4, 0.5) is 4.39 Å². The lowest BCUT2D eigenvalue weighted by Gasteiger charge is -2.05. The van der Waals surface area contributed by atoms with E-state index in [1.54, 1.807) is 18.3 Å². The molecule has 0 aliphatic heterocycles. The highest BCUT2D eigenvalue weighted by atomic mass is 19.1. The van der Waals surface area contributed by atoms with E-state index in [4.69, 9.17) is 5.26 Å². The van der Waals surface area contributed by atoms with E-state index in [1.165, 1.54) is 12.1 Å². The molecule has 0 aliphatic carbocycles. The highest BCUT2D eigenvalue weighted by Gasteiger charge is 2.04. The molecule has 0 fully saturated rings. The predicted octanol–water partition coefficient (Wildman–Crippen LogP) is 2.25. The van der Waals surface area contributed by atoms with E-state index in [0.29, 0.717) is 6.54 Å². The second-order valence-electron chi connectivity index (χ2n) is 3.53. The van der Waals surface area contributed by atoms with Crippen molar-refractivity contribution in [3.63, 3.8) is 0 Å². The molecule has 0 spiro atoms. The molecular formula is C12H10FN3. The zero-order chi connectivity index (χ0) is 11.5. The Morgan fingerprint density at radius 1 is 1.50 bits per heavy atom. The lowest BCUT2D eigenvalue weighted by Crippen LogP contribution is -2.01. The van der Waals surface area contributed by atoms with E-state index >= 15 is 0 Å². The predicted molar refractivity (Wildman–Crippen MR) is 57.2 cm³/mol. The summed E-state index contributed by atoms with van der Waals surface area (Å²) in [4.78, 5) is 4.09. The van der Waals surface area contributed by atoms with Gasteiger partial charge in [-0.05, 0) is 24.6 Å². The van der Waals surface area contributed by atoms with Crippen molar-refractivity contribution in [1.82, 2.24) is 9.55 Å². The zero-order valence-electron chi connectivity index (χ0n) is 8.81. The number of benzene rings is 1. The number of imidazole rings is 1. The van der Waals surface area contributed by atoms with Gasteiger partial charge in [0.2, 0.25) is 0 Å². The molecule has 1 heterocycles. The molecule has 0 amide bonds. The van der Waals surface area contributed by atoms with Crippen LogP contribution in [0.25, 0.3) is 0 Å². The Bertz CT molecular complexity index is 552. The van der Waals surface area contributed by atoms with Crippen LogP contribution in [0.15, 0.2) is 30.6 Å². The lowest BCUT2D eigenvalue weighted by atomic mass is 10.1. The van der Waals surface area contributed by atoms with Crippen molar-refractivity contribution < 1.29 is 4.39 Å².